The minimum absolute atomic E-state index is 0.00445. The first kappa shape index (κ1) is 22.9. The highest BCUT2D eigenvalue weighted by Gasteiger charge is 2.23. The number of carbonyl (C=O) groups excluding carboxylic acids is 1. The van der Waals surface area contributed by atoms with E-state index in [1.54, 1.807) is 22.9 Å². The molecular weight excluding hydrogens is 471 g/mol. The van der Waals surface area contributed by atoms with Crippen molar-refractivity contribution in [2.45, 2.75) is 19.8 Å². The van der Waals surface area contributed by atoms with Crippen molar-refractivity contribution in [1.29, 1.82) is 5.41 Å². The fourth-order valence-electron chi connectivity index (χ4n) is 3.63. The van der Waals surface area contributed by atoms with E-state index in [4.69, 9.17) is 21.8 Å². The molecule has 1 amide bonds. The Morgan fingerprint density at radius 3 is 2.77 bits per heavy atom. The molecule has 0 spiro atoms. The lowest BCUT2D eigenvalue weighted by Gasteiger charge is -2.16. The van der Waals surface area contributed by atoms with Crippen molar-refractivity contribution >= 4 is 45.6 Å². The van der Waals surface area contributed by atoms with Gasteiger partial charge in [0.15, 0.2) is 0 Å². The van der Waals surface area contributed by atoms with Crippen LogP contribution in [0, 0.1) is 17.1 Å². The molecule has 1 fully saturated rings. The lowest BCUT2D eigenvalue weighted by Crippen LogP contribution is -2.26. The number of hydrogen-bond donors (Lipinski definition) is 3. The summed E-state index contributed by atoms with van der Waals surface area (Å²) >= 11 is 6.53. The van der Waals surface area contributed by atoms with E-state index in [9.17, 15) is 4.79 Å². The van der Waals surface area contributed by atoms with E-state index < -0.39 is 11.7 Å². The van der Waals surface area contributed by atoms with Crippen molar-refractivity contribution in [3.05, 3.63) is 76.6 Å². The summed E-state index contributed by atoms with van der Waals surface area (Å²) in [4.78, 5) is 18.1. The maximum atomic E-state index is 15.1. The topological polar surface area (TPSA) is 105 Å². The number of rotatable bonds is 8. The van der Waals surface area contributed by atoms with Crippen LogP contribution in [0.5, 0.6) is 0 Å². The van der Waals surface area contributed by atoms with Crippen molar-refractivity contribution in [2.24, 2.45) is 5.92 Å². The molecule has 1 aromatic heterocycles. The minimum atomic E-state index is -0.691. The molecule has 0 unspecified atom stereocenters. The van der Waals surface area contributed by atoms with Crippen molar-refractivity contribution in [3.63, 3.8) is 0 Å². The Morgan fingerprint density at radius 2 is 2.03 bits per heavy atom. The average molecular weight is 493 g/mol. The predicted octanol–water partition coefficient (Wildman–Crippen LogP) is 5.42. The summed E-state index contributed by atoms with van der Waals surface area (Å²) in [5.41, 5.74) is 5.38. The van der Waals surface area contributed by atoms with Gasteiger partial charge in [-0.2, -0.15) is 0 Å². The molecule has 3 aromatic carbocycles. The van der Waals surface area contributed by atoms with E-state index in [2.05, 4.69) is 21.1 Å². The number of benzene rings is 3. The largest absolute Gasteiger partial charge is 0.351 e. The molecule has 0 bridgehead atoms. The molecule has 1 aliphatic carbocycles. The summed E-state index contributed by atoms with van der Waals surface area (Å²) in [5.74, 6) is -0.861. The Hall–Kier alpha value is -3.82. The molecule has 35 heavy (non-hydrogen) atoms. The molecule has 1 saturated carbocycles. The third kappa shape index (κ3) is 4.87. The smallest absolute Gasteiger partial charge is 0.277 e. The van der Waals surface area contributed by atoms with Crippen LogP contribution < -0.4 is 10.8 Å². The van der Waals surface area contributed by atoms with Crippen LogP contribution in [0.3, 0.4) is 0 Å². The van der Waals surface area contributed by atoms with Crippen molar-refractivity contribution < 1.29 is 14.0 Å². The molecule has 5 rings (SSSR count). The van der Waals surface area contributed by atoms with E-state index in [1.165, 1.54) is 19.1 Å². The second-order valence-electron chi connectivity index (χ2n) is 8.47. The van der Waals surface area contributed by atoms with Crippen molar-refractivity contribution in [2.75, 3.05) is 11.9 Å². The maximum absolute atomic E-state index is 15.1. The number of amides is 1. The Bertz CT molecular complexity index is 1450. The molecule has 0 aliphatic heterocycles. The number of nitrogens with zero attached hydrogens (tertiary/aromatic N) is 3. The number of para-hydroxylation sites is 1. The molecule has 3 N–H and O–H groups in total. The SMILES string of the molecule is CC(=N)c1cc(F)c(Nc2ccc(-n3nnc4ccccc43)cc2Cl)c(C(=O)NOCC2CC2)c1. The Labute approximate surface area is 205 Å². The molecule has 0 radical (unpaired) electrons. The van der Waals surface area contributed by atoms with E-state index in [1.807, 2.05) is 24.3 Å². The highest BCUT2D eigenvalue weighted by atomic mass is 35.5. The number of hydrogen-bond acceptors (Lipinski definition) is 6. The van der Waals surface area contributed by atoms with Gasteiger partial charge in [-0.15, -0.1) is 5.10 Å². The number of halogens is 2. The monoisotopic (exact) mass is 492 g/mol. The zero-order chi connectivity index (χ0) is 24.5. The zero-order valence-corrected chi connectivity index (χ0v) is 19.6. The van der Waals surface area contributed by atoms with Crippen LogP contribution in [-0.2, 0) is 4.84 Å². The van der Waals surface area contributed by atoms with Crippen LogP contribution in [-0.4, -0.2) is 33.2 Å². The van der Waals surface area contributed by atoms with Crippen LogP contribution in [0.15, 0.2) is 54.6 Å². The Kier molecular flexibility index (Phi) is 6.19. The molecule has 4 aromatic rings. The predicted molar refractivity (Wildman–Crippen MR) is 132 cm³/mol. The molecule has 1 heterocycles. The minimum Gasteiger partial charge on any atom is -0.351 e. The highest BCUT2D eigenvalue weighted by Crippen LogP contribution is 2.32. The van der Waals surface area contributed by atoms with Gasteiger partial charge in [0.2, 0.25) is 0 Å². The van der Waals surface area contributed by atoms with Gasteiger partial charge < -0.3 is 10.7 Å². The van der Waals surface area contributed by atoms with Crippen LogP contribution >= 0.6 is 11.6 Å². The van der Waals surface area contributed by atoms with Gasteiger partial charge >= 0.3 is 0 Å². The van der Waals surface area contributed by atoms with Gasteiger partial charge in [-0.05, 0) is 73.7 Å². The second kappa shape index (κ2) is 9.44. The Morgan fingerprint density at radius 1 is 1.23 bits per heavy atom. The average Bonchev–Trinajstić information content (AvgIpc) is 3.57. The summed E-state index contributed by atoms with van der Waals surface area (Å²) < 4.78 is 16.8. The lowest BCUT2D eigenvalue weighted by atomic mass is 10.0. The first-order valence-corrected chi connectivity index (χ1v) is 11.5. The van der Waals surface area contributed by atoms with Gasteiger partial charge in [-0.25, -0.2) is 14.6 Å². The van der Waals surface area contributed by atoms with E-state index in [0.29, 0.717) is 34.5 Å². The summed E-state index contributed by atoms with van der Waals surface area (Å²) in [6.45, 7) is 1.93. The standard InChI is InChI=1S/C25H22ClFN6O2/c1-14(28)16-10-18(25(34)31-35-13-15-6-7-15)24(20(27)11-16)29-21-9-8-17(12-19(21)26)33-23-5-3-2-4-22(23)30-32-33/h2-5,8-12,15,28-29H,6-7,13H2,1H3,(H,31,34). The van der Waals surface area contributed by atoms with Gasteiger partial charge in [-0.1, -0.05) is 28.9 Å². The van der Waals surface area contributed by atoms with E-state index >= 15 is 4.39 Å². The summed E-state index contributed by atoms with van der Waals surface area (Å²) in [7, 11) is 0. The van der Waals surface area contributed by atoms with Gasteiger partial charge in [0.1, 0.15) is 11.3 Å². The normalized spacial score (nSPS) is 13.1. The first-order valence-electron chi connectivity index (χ1n) is 11.1. The number of nitrogens with one attached hydrogen (secondary N) is 3. The quantitative estimate of drug-likeness (QED) is 0.225. The van der Waals surface area contributed by atoms with Gasteiger partial charge in [-0.3, -0.25) is 9.63 Å². The maximum Gasteiger partial charge on any atom is 0.277 e. The van der Waals surface area contributed by atoms with E-state index in [0.717, 1.165) is 23.9 Å². The van der Waals surface area contributed by atoms with Crippen molar-refractivity contribution in [3.8, 4) is 5.69 Å². The summed E-state index contributed by atoms with van der Waals surface area (Å²) in [6.07, 6.45) is 2.14. The van der Waals surface area contributed by atoms with Gasteiger partial charge in [0.05, 0.1) is 39.8 Å². The molecule has 0 saturated heterocycles. The fraction of sp³-hybridized carbons (Fsp3) is 0.200. The Balaban J connectivity index is 1.45. The number of carbonyl (C=O) groups is 1. The lowest BCUT2D eigenvalue weighted by molar-refractivity contribution is 0.0271. The fourth-order valence-corrected chi connectivity index (χ4v) is 3.85. The summed E-state index contributed by atoms with van der Waals surface area (Å²) in [6, 6.07) is 15.3. The van der Waals surface area contributed by atoms with Gasteiger partial charge in [0, 0.05) is 5.71 Å². The first-order chi connectivity index (χ1) is 16.9. The number of aromatic nitrogens is 3. The van der Waals surface area contributed by atoms with Crippen LogP contribution in [0.1, 0.15) is 35.7 Å². The number of anilines is 2. The zero-order valence-electron chi connectivity index (χ0n) is 18.8. The molecular formula is C25H22ClFN6O2. The van der Waals surface area contributed by atoms with Crippen LogP contribution in [0.4, 0.5) is 15.8 Å². The summed E-state index contributed by atoms with van der Waals surface area (Å²) in [5, 5.41) is 19.4. The molecule has 178 valence electrons. The molecule has 8 nitrogen and oxygen atoms in total. The molecule has 1 aliphatic rings. The number of fused-ring (bicyclic) bond motifs is 1. The molecule has 0 atom stereocenters. The third-order valence-electron chi connectivity index (χ3n) is 5.76. The van der Waals surface area contributed by atoms with Gasteiger partial charge in [0.25, 0.3) is 5.91 Å². The molecule has 10 heteroatoms. The second-order valence-corrected chi connectivity index (χ2v) is 8.88. The third-order valence-corrected chi connectivity index (χ3v) is 6.07. The highest BCUT2D eigenvalue weighted by molar-refractivity contribution is 6.33. The number of hydroxylamine groups is 1. The van der Waals surface area contributed by atoms with Crippen LogP contribution in [0.2, 0.25) is 5.02 Å². The van der Waals surface area contributed by atoms with Crippen molar-refractivity contribution in [1.82, 2.24) is 20.5 Å². The van der Waals surface area contributed by atoms with Crippen LogP contribution in [0.25, 0.3) is 16.7 Å². The van der Waals surface area contributed by atoms with E-state index in [-0.39, 0.29) is 17.0 Å².